The minimum atomic E-state index is -1.38. The average Bonchev–Trinajstić information content (AvgIpc) is 3.64. The summed E-state index contributed by atoms with van der Waals surface area (Å²) >= 11 is 14.6. The molecule has 212 valence electrons. The SMILES string of the molecule is N#CNC(=NC[C@H](NC(=O)c1c(Cl)cc2c(c1Cl)CCN(C(=O)c1cc3ccccc3s1)C2)C(=O)O)N1CCCC1. The maximum Gasteiger partial charge on any atom is 0.328 e. The molecule has 0 saturated carbocycles. The predicted octanol–water partition coefficient (Wildman–Crippen LogP) is 4.11. The number of aliphatic carboxylic acids is 1. The smallest absolute Gasteiger partial charge is 0.328 e. The molecule has 5 rings (SSSR count). The summed E-state index contributed by atoms with van der Waals surface area (Å²) < 4.78 is 1.04. The van der Waals surface area contributed by atoms with Crippen molar-refractivity contribution in [2.45, 2.75) is 31.8 Å². The van der Waals surface area contributed by atoms with Gasteiger partial charge in [0, 0.05) is 30.9 Å². The maximum atomic E-state index is 13.3. The largest absolute Gasteiger partial charge is 0.480 e. The Morgan fingerprint density at radius 3 is 2.59 bits per heavy atom. The summed E-state index contributed by atoms with van der Waals surface area (Å²) in [7, 11) is 0. The third-order valence-electron chi connectivity index (χ3n) is 7.16. The number of aliphatic imine (C=N–C) groups is 1. The maximum absolute atomic E-state index is 13.3. The Hall–Kier alpha value is -3.85. The van der Waals surface area contributed by atoms with Gasteiger partial charge in [-0.1, -0.05) is 41.4 Å². The number of nitrogens with zero attached hydrogens (tertiary/aromatic N) is 4. The first-order valence-corrected chi connectivity index (χ1v) is 14.6. The van der Waals surface area contributed by atoms with Gasteiger partial charge in [0.25, 0.3) is 11.8 Å². The third-order valence-corrected chi connectivity index (χ3v) is 8.97. The molecule has 1 aromatic heterocycles. The van der Waals surface area contributed by atoms with Crippen LogP contribution in [0.4, 0.5) is 0 Å². The lowest BCUT2D eigenvalue weighted by Gasteiger charge is -2.30. The Balaban J connectivity index is 1.32. The van der Waals surface area contributed by atoms with Crippen molar-refractivity contribution in [3.05, 3.63) is 68.0 Å². The predicted molar refractivity (Wildman–Crippen MR) is 157 cm³/mol. The Morgan fingerprint density at radius 2 is 1.88 bits per heavy atom. The first-order valence-electron chi connectivity index (χ1n) is 13.0. The summed E-state index contributed by atoms with van der Waals surface area (Å²) in [6.07, 6.45) is 4.11. The van der Waals surface area contributed by atoms with Crippen molar-refractivity contribution in [2.24, 2.45) is 4.99 Å². The number of benzene rings is 2. The van der Waals surface area contributed by atoms with E-state index in [1.807, 2.05) is 41.4 Å². The lowest BCUT2D eigenvalue weighted by atomic mass is 9.96. The number of nitriles is 1. The molecule has 1 fully saturated rings. The third kappa shape index (κ3) is 6.10. The lowest BCUT2D eigenvalue weighted by Crippen LogP contribution is -2.45. The first-order chi connectivity index (χ1) is 19.8. The van der Waals surface area contributed by atoms with Crippen LogP contribution in [-0.2, 0) is 17.8 Å². The molecular formula is C28H26Cl2N6O4S. The van der Waals surface area contributed by atoms with Gasteiger partial charge in [-0.2, -0.15) is 5.26 Å². The molecule has 1 saturated heterocycles. The van der Waals surface area contributed by atoms with Gasteiger partial charge in [0.1, 0.15) is 6.04 Å². The summed E-state index contributed by atoms with van der Waals surface area (Å²) in [4.78, 5) is 46.9. The van der Waals surface area contributed by atoms with E-state index in [4.69, 9.17) is 28.5 Å². The molecule has 0 spiro atoms. The number of hydrogen-bond acceptors (Lipinski definition) is 6. The molecule has 0 bridgehead atoms. The topological polar surface area (TPSA) is 138 Å². The van der Waals surface area contributed by atoms with Gasteiger partial charge in [-0.05, 0) is 54.0 Å². The van der Waals surface area contributed by atoms with E-state index in [1.54, 1.807) is 11.0 Å². The molecule has 2 aliphatic rings. The molecule has 3 aromatic rings. The van der Waals surface area contributed by atoms with Crippen molar-refractivity contribution in [3.8, 4) is 6.19 Å². The van der Waals surface area contributed by atoms with Crippen LogP contribution >= 0.6 is 34.5 Å². The van der Waals surface area contributed by atoms with Gasteiger partial charge in [0.15, 0.2) is 6.19 Å². The number of carbonyl (C=O) groups is 3. The minimum absolute atomic E-state index is 0.0264. The number of carboxylic acids is 1. The fourth-order valence-electron chi connectivity index (χ4n) is 5.07. The van der Waals surface area contributed by atoms with E-state index >= 15 is 0 Å². The van der Waals surface area contributed by atoms with E-state index in [0.29, 0.717) is 36.5 Å². The Bertz CT molecular complexity index is 1560. The molecule has 13 heteroatoms. The molecule has 0 aliphatic carbocycles. The second-order valence-corrected chi connectivity index (χ2v) is 11.6. The van der Waals surface area contributed by atoms with E-state index < -0.39 is 17.9 Å². The van der Waals surface area contributed by atoms with Gasteiger partial charge in [-0.15, -0.1) is 11.3 Å². The zero-order valence-corrected chi connectivity index (χ0v) is 24.2. The molecule has 2 aromatic carbocycles. The molecule has 0 unspecified atom stereocenters. The fourth-order valence-corrected chi connectivity index (χ4v) is 6.86. The number of hydrogen-bond donors (Lipinski definition) is 3. The van der Waals surface area contributed by atoms with Crippen molar-refractivity contribution in [2.75, 3.05) is 26.2 Å². The summed E-state index contributed by atoms with van der Waals surface area (Å²) in [5, 5.41) is 25.0. The highest BCUT2D eigenvalue weighted by atomic mass is 35.5. The standard InChI is InChI=1S/C28H26Cl2N6O4S/c29-19-11-17-14-36(26(38)22-12-16-5-1-2-6-21(16)41-22)10-7-18(17)24(30)23(19)25(37)34-20(27(39)40)13-32-28(33-15-31)35-8-3-4-9-35/h1-2,5-6,11-12,20H,3-4,7-10,13-14H2,(H,32,33)(H,34,37)(H,39,40)/t20-/m0/s1. The van der Waals surface area contributed by atoms with Gasteiger partial charge in [0.2, 0.25) is 5.96 Å². The summed E-state index contributed by atoms with van der Waals surface area (Å²) in [5.41, 5.74) is 1.40. The van der Waals surface area contributed by atoms with Gasteiger partial charge in [-0.3, -0.25) is 14.9 Å². The highest BCUT2D eigenvalue weighted by Crippen LogP contribution is 2.36. The van der Waals surface area contributed by atoms with Crippen molar-refractivity contribution < 1.29 is 19.5 Å². The number of carboxylic acid groups (broad SMARTS) is 1. The van der Waals surface area contributed by atoms with E-state index in [-0.39, 0.29) is 40.6 Å². The molecule has 3 heterocycles. The molecule has 2 aliphatic heterocycles. The van der Waals surface area contributed by atoms with Crippen molar-refractivity contribution in [1.82, 2.24) is 20.4 Å². The average molecular weight is 614 g/mol. The van der Waals surface area contributed by atoms with Crippen molar-refractivity contribution >= 4 is 68.4 Å². The Labute approximate surface area is 250 Å². The molecule has 3 N–H and O–H groups in total. The quantitative estimate of drug-likeness (QED) is 0.165. The van der Waals surface area contributed by atoms with Crippen molar-refractivity contribution in [1.29, 1.82) is 5.26 Å². The molecule has 41 heavy (non-hydrogen) atoms. The molecule has 0 radical (unpaired) electrons. The number of thiophene rings is 1. The van der Waals surface area contributed by atoms with Crippen LogP contribution in [0.1, 0.15) is 44.0 Å². The second-order valence-electron chi connectivity index (χ2n) is 9.77. The molecule has 2 amide bonds. The number of halogens is 2. The van der Waals surface area contributed by atoms with E-state index in [0.717, 1.165) is 28.5 Å². The fraction of sp³-hybridized carbons (Fsp3) is 0.321. The Kier molecular flexibility index (Phi) is 8.63. The zero-order valence-electron chi connectivity index (χ0n) is 21.8. The van der Waals surface area contributed by atoms with Crippen LogP contribution in [0, 0.1) is 11.5 Å². The number of rotatable bonds is 6. The van der Waals surface area contributed by atoms with Crippen LogP contribution in [0.2, 0.25) is 10.0 Å². The highest BCUT2D eigenvalue weighted by molar-refractivity contribution is 7.20. The minimum Gasteiger partial charge on any atom is -0.480 e. The number of nitrogens with one attached hydrogen (secondary N) is 2. The second kappa shape index (κ2) is 12.3. The number of amides is 2. The normalized spacial score (nSPS) is 15.8. The lowest BCUT2D eigenvalue weighted by molar-refractivity contribution is -0.138. The Morgan fingerprint density at radius 1 is 1.12 bits per heavy atom. The van der Waals surface area contributed by atoms with Crippen LogP contribution < -0.4 is 10.6 Å². The van der Waals surface area contributed by atoms with E-state index in [9.17, 15) is 19.5 Å². The van der Waals surface area contributed by atoms with Crippen LogP contribution in [0.15, 0.2) is 41.4 Å². The van der Waals surface area contributed by atoms with Crippen LogP contribution in [0.25, 0.3) is 10.1 Å². The first kappa shape index (κ1) is 28.7. The summed E-state index contributed by atoms with van der Waals surface area (Å²) in [6, 6.07) is 9.94. The van der Waals surface area contributed by atoms with Gasteiger partial charge in [0.05, 0.1) is 27.0 Å². The van der Waals surface area contributed by atoms with E-state index in [1.165, 1.54) is 11.3 Å². The number of fused-ring (bicyclic) bond motifs is 2. The van der Waals surface area contributed by atoms with Crippen molar-refractivity contribution in [3.63, 3.8) is 0 Å². The highest BCUT2D eigenvalue weighted by Gasteiger charge is 2.30. The van der Waals surface area contributed by atoms with Gasteiger partial charge < -0.3 is 20.2 Å². The number of likely N-dealkylation sites (tertiary alicyclic amines) is 1. The van der Waals surface area contributed by atoms with Crippen LogP contribution in [0.5, 0.6) is 0 Å². The van der Waals surface area contributed by atoms with Crippen LogP contribution in [-0.4, -0.2) is 70.9 Å². The van der Waals surface area contributed by atoms with Crippen LogP contribution in [0.3, 0.4) is 0 Å². The zero-order chi connectivity index (χ0) is 29.1. The molecule has 1 atom stereocenters. The van der Waals surface area contributed by atoms with Gasteiger partial charge in [-0.25, -0.2) is 9.79 Å². The molecular weight excluding hydrogens is 587 g/mol. The summed E-state index contributed by atoms with van der Waals surface area (Å²) in [5.74, 6) is -1.86. The number of guanidine groups is 1. The molecule has 10 nitrogen and oxygen atoms in total. The van der Waals surface area contributed by atoms with Gasteiger partial charge >= 0.3 is 5.97 Å². The summed E-state index contributed by atoms with van der Waals surface area (Å²) in [6.45, 7) is 1.79. The van der Waals surface area contributed by atoms with E-state index in [2.05, 4.69) is 15.6 Å². The monoisotopic (exact) mass is 612 g/mol. The number of carbonyl (C=O) groups excluding carboxylic acids is 2.